The summed E-state index contributed by atoms with van der Waals surface area (Å²) in [5.41, 5.74) is 6.87. The van der Waals surface area contributed by atoms with E-state index in [0.717, 1.165) is 5.56 Å². The van der Waals surface area contributed by atoms with E-state index in [1.807, 2.05) is 6.07 Å². The Bertz CT molecular complexity index is 672. The van der Waals surface area contributed by atoms with Gasteiger partial charge in [-0.2, -0.15) is 0 Å². The van der Waals surface area contributed by atoms with Crippen LogP contribution in [0, 0.1) is 6.92 Å². The second-order valence-electron chi connectivity index (χ2n) is 5.17. The molecule has 6 heteroatoms. The first-order valence-corrected chi connectivity index (χ1v) is 6.99. The second kappa shape index (κ2) is 6.51. The number of ether oxygens (including phenoxy) is 3. The van der Waals surface area contributed by atoms with Gasteiger partial charge < -0.3 is 19.9 Å². The smallest absolute Gasteiger partial charge is 0.187 e. The summed E-state index contributed by atoms with van der Waals surface area (Å²) >= 11 is 0. The van der Waals surface area contributed by atoms with Gasteiger partial charge in [-0.15, -0.1) is 0 Å². The fourth-order valence-corrected chi connectivity index (χ4v) is 2.09. The molecule has 0 aliphatic heterocycles. The van der Waals surface area contributed by atoms with Crippen molar-refractivity contribution in [2.75, 3.05) is 20.0 Å². The normalized spacial score (nSPS) is 10.6. The Morgan fingerprint density at radius 2 is 1.64 bits per heavy atom. The van der Waals surface area contributed by atoms with Crippen LogP contribution in [0.5, 0.6) is 23.0 Å². The van der Waals surface area contributed by atoms with E-state index in [4.69, 9.17) is 19.9 Å². The van der Waals surface area contributed by atoms with Gasteiger partial charge in [-0.1, -0.05) is 13.8 Å². The van der Waals surface area contributed by atoms with E-state index < -0.39 is 0 Å². The van der Waals surface area contributed by atoms with Crippen molar-refractivity contribution in [2.45, 2.75) is 26.7 Å². The van der Waals surface area contributed by atoms with Crippen LogP contribution in [0.3, 0.4) is 0 Å². The highest BCUT2D eigenvalue weighted by Gasteiger charge is 2.16. The molecule has 1 aromatic heterocycles. The molecule has 0 atom stereocenters. The monoisotopic (exact) mass is 303 g/mol. The van der Waals surface area contributed by atoms with Gasteiger partial charge in [-0.25, -0.2) is 9.97 Å². The number of benzene rings is 1. The Labute approximate surface area is 130 Å². The standard InChI is InChI=1S/C16H21N3O3/c1-9(2)11-6-13(20-4)14(21-5)7-12(11)22-15-8-18-10(3)19-16(15)17/h6-9H,1-5H3,(H2,17,18,19). The molecule has 0 unspecified atom stereocenters. The quantitative estimate of drug-likeness (QED) is 0.913. The molecule has 2 rings (SSSR count). The molecule has 1 heterocycles. The molecule has 0 aliphatic carbocycles. The third kappa shape index (κ3) is 3.21. The first-order valence-electron chi connectivity index (χ1n) is 6.99. The lowest BCUT2D eigenvalue weighted by atomic mass is 10.0. The Morgan fingerprint density at radius 1 is 1.00 bits per heavy atom. The van der Waals surface area contributed by atoms with Crippen LogP contribution in [-0.2, 0) is 0 Å². The van der Waals surface area contributed by atoms with Gasteiger partial charge in [0.1, 0.15) is 11.6 Å². The van der Waals surface area contributed by atoms with E-state index in [0.29, 0.717) is 34.6 Å². The highest BCUT2D eigenvalue weighted by Crippen LogP contribution is 2.40. The molecular formula is C16H21N3O3. The van der Waals surface area contributed by atoms with Crippen LogP contribution in [0.4, 0.5) is 5.82 Å². The minimum atomic E-state index is 0.238. The zero-order valence-electron chi connectivity index (χ0n) is 13.5. The number of aryl methyl sites for hydroxylation is 1. The van der Waals surface area contributed by atoms with Crippen molar-refractivity contribution in [3.63, 3.8) is 0 Å². The van der Waals surface area contributed by atoms with Gasteiger partial charge in [0.05, 0.1) is 20.4 Å². The van der Waals surface area contributed by atoms with Gasteiger partial charge in [-0.3, -0.25) is 0 Å². The molecular weight excluding hydrogens is 282 g/mol. The number of aromatic nitrogens is 2. The van der Waals surface area contributed by atoms with Crippen molar-refractivity contribution in [1.82, 2.24) is 9.97 Å². The van der Waals surface area contributed by atoms with E-state index in [1.54, 1.807) is 33.4 Å². The lowest BCUT2D eigenvalue weighted by molar-refractivity contribution is 0.350. The third-order valence-corrected chi connectivity index (χ3v) is 3.26. The minimum absolute atomic E-state index is 0.238. The zero-order chi connectivity index (χ0) is 16.3. The summed E-state index contributed by atoms with van der Waals surface area (Å²) in [5.74, 6) is 3.45. The topological polar surface area (TPSA) is 79.5 Å². The summed E-state index contributed by atoms with van der Waals surface area (Å²) in [6, 6.07) is 3.69. The Kier molecular flexibility index (Phi) is 4.70. The van der Waals surface area contributed by atoms with Crippen LogP contribution in [0.25, 0.3) is 0 Å². The van der Waals surface area contributed by atoms with Crippen molar-refractivity contribution in [1.29, 1.82) is 0 Å². The predicted molar refractivity (Wildman–Crippen MR) is 84.9 cm³/mol. The van der Waals surface area contributed by atoms with Crippen LogP contribution in [-0.4, -0.2) is 24.2 Å². The van der Waals surface area contributed by atoms with Crippen molar-refractivity contribution >= 4 is 5.82 Å². The van der Waals surface area contributed by atoms with Crippen LogP contribution in [0.1, 0.15) is 31.2 Å². The molecule has 0 radical (unpaired) electrons. The number of hydrogen-bond donors (Lipinski definition) is 1. The molecule has 2 aromatic rings. The van der Waals surface area contributed by atoms with E-state index in [1.165, 1.54) is 0 Å². The average Bonchev–Trinajstić information content (AvgIpc) is 2.49. The summed E-state index contributed by atoms with van der Waals surface area (Å²) in [5, 5.41) is 0. The second-order valence-corrected chi connectivity index (χ2v) is 5.17. The fourth-order valence-electron chi connectivity index (χ4n) is 2.09. The Hall–Kier alpha value is -2.50. The number of nitrogens with two attached hydrogens (primary N) is 1. The first kappa shape index (κ1) is 15.9. The fraction of sp³-hybridized carbons (Fsp3) is 0.375. The lowest BCUT2D eigenvalue weighted by Crippen LogP contribution is -2.02. The molecule has 0 bridgehead atoms. The summed E-state index contributed by atoms with van der Waals surface area (Å²) in [4.78, 5) is 8.22. The largest absolute Gasteiger partial charge is 0.493 e. The van der Waals surface area contributed by atoms with Crippen molar-refractivity contribution in [3.05, 3.63) is 29.7 Å². The van der Waals surface area contributed by atoms with E-state index in [9.17, 15) is 0 Å². The van der Waals surface area contributed by atoms with Crippen molar-refractivity contribution in [3.8, 4) is 23.0 Å². The lowest BCUT2D eigenvalue weighted by Gasteiger charge is -2.18. The molecule has 0 fully saturated rings. The maximum absolute atomic E-state index is 5.91. The van der Waals surface area contributed by atoms with E-state index in [-0.39, 0.29) is 5.92 Å². The van der Waals surface area contributed by atoms with Crippen LogP contribution < -0.4 is 19.9 Å². The minimum Gasteiger partial charge on any atom is -0.493 e. The number of rotatable bonds is 5. The van der Waals surface area contributed by atoms with Gasteiger partial charge in [-0.05, 0) is 18.9 Å². The molecule has 0 aliphatic rings. The van der Waals surface area contributed by atoms with E-state index >= 15 is 0 Å². The van der Waals surface area contributed by atoms with Gasteiger partial charge in [0, 0.05) is 11.6 Å². The highest BCUT2D eigenvalue weighted by molar-refractivity contribution is 5.54. The highest BCUT2D eigenvalue weighted by atomic mass is 16.5. The maximum Gasteiger partial charge on any atom is 0.187 e. The maximum atomic E-state index is 5.91. The summed E-state index contributed by atoms with van der Waals surface area (Å²) in [7, 11) is 3.19. The number of hydrogen-bond acceptors (Lipinski definition) is 6. The van der Waals surface area contributed by atoms with Gasteiger partial charge >= 0.3 is 0 Å². The van der Waals surface area contributed by atoms with Gasteiger partial charge in [0.25, 0.3) is 0 Å². The zero-order valence-corrected chi connectivity index (χ0v) is 13.5. The predicted octanol–water partition coefficient (Wildman–Crippen LogP) is 3.30. The summed E-state index contributed by atoms with van der Waals surface area (Å²) < 4.78 is 16.6. The molecule has 2 N–H and O–H groups in total. The molecule has 0 amide bonds. The SMILES string of the molecule is COc1cc(Oc2cnc(C)nc2N)c(C(C)C)cc1OC. The van der Waals surface area contributed by atoms with Crippen LogP contribution >= 0.6 is 0 Å². The average molecular weight is 303 g/mol. The summed E-state index contributed by atoms with van der Waals surface area (Å²) in [6.07, 6.45) is 1.57. The summed E-state index contributed by atoms with van der Waals surface area (Å²) in [6.45, 7) is 5.92. The number of nitrogen functional groups attached to an aromatic ring is 1. The molecule has 118 valence electrons. The molecule has 1 aromatic carbocycles. The number of anilines is 1. The molecule has 6 nitrogen and oxygen atoms in total. The van der Waals surface area contributed by atoms with Gasteiger partial charge in [0.2, 0.25) is 0 Å². The third-order valence-electron chi connectivity index (χ3n) is 3.26. The Morgan fingerprint density at radius 3 is 2.18 bits per heavy atom. The molecule has 0 saturated carbocycles. The first-order chi connectivity index (χ1) is 10.5. The molecule has 22 heavy (non-hydrogen) atoms. The number of methoxy groups -OCH3 is 2. The van der Waals surface area contributed by atoms with Gasteiger partial charge in [0.15, 0.2) is 23.1 Å². The Balaban J connectivity index is 2.48. The molecule has 0 spiro atoms. The van der Waals surface area contributed by atoms with Crippen molar-refractivity contribution < 1.29 is 14.2 Å². The number of nitrogens with zero attached hydrogens (tertiary/aromatic N) is 2. The van der Waals surface area contributed by atoms with Crippen molar-refractivity contribution in [2.24, 2.45) is 0 Å². The van der Waals surface area contributed by atoms with Crippen LogP contribution in [0.15, 0.2) is 18.3 Å². The molecule has 0 saturated heterocycles. The van der Waals surface area contributed by atoms with Crippen LogP contribution in [0.2, 0.25) is 0 Å². The van der Waals surface area contributed by atoms with E-state index in [2.05, 4.69) is 23.8 Å².